The molecule has 0 aliphatic rings. The molecule has 0 saturated heterocycles. The van der Waals surface area contributed by atoms with Gasteiger partial charge in [0.2, 0.25) is 0 Å². The summed E-state index contributed by atoms with van der Waals surface area (Å²) in [6, 6.07) is 10.7. The minimum atomic E-state index is -4.49. The van der Waals surface area contributed by atoms with Crippen LogP contribution in [0.15, 0.2) is 36.5 Å². The Morgan fingerprint density at radius 1 is 1.19 bits per heavy atom. The fourth-order valence-electron chi connectivity index (χ4n) is 1.92. The number of benzene rings is 1. The number of aromatic nitrogens is 2. The fourth-order valence-corrected chi connectivity index (χ4v) is 2.72. The molecule has 2 heterocycles. The van der Waals surface area contributed by atoms with E-state index in [1.165, 1.54) is 0 Å². The topological polar surface area (TPSA) is 49.6 Å². The van der Waals surface area contributed by atoms with E-state index in [0.717, 1.165) is 11.6 Å². The molecule has 0 atom stereocenters. The number of nitrogens with zero attached hydrogens (tertiary/aromatic N) is 3. The second-order valence-electron chi connectivity index (χ2n) is 4.22. The average molecular weight is 305 g/mol. The van der Waals surface area contributed by atoms with E-state index in [0.29, 0.717) is 22.4 Å². The molecule has 0 N–H and O–H groups in total. The first-order valence-corrected chi connectivity index (χ1v) is 6.64. The zero-order chi connectivity index (χ0) is 15.0. The van der Waals surface area contributed by atoms with Crippen LogP contribution in [0.25, 0.3) is 21.3 Å². The summed E-state index contributed by atoms with van der Waals surface area (Å²) in [5.74, 6) is 0. The van der Waals surface area contributed by atoms with Crippen molar-refractivity contribution in [2.24, 2.45) is 0 Å². The molecule has 0 amide bonds. The predicted octanol–water partition coefficient (Wildman–Crippen LogP) is 4.25. The van der Waals surface area contributed by atoms with E-state index in [4.69, 9.17) is 5.26 Å². The molecule has 2 aromatic heterocycles. The van der Waals surface area contributed by atoms with Crippen LogP contribution in [-0.4, -0.2) is 9.97 Å². The summed E-state index contributed by atoms with van der Waals surface area (Å²) >= 11 is 0.504. The lowest BCUT2D eigenvalue weighted by molar-refractivity contribution is -0.137. The van der Waals surface area contributed by atoms with Crippen LogP contribution in [0.1, 0.15) is 10.7 Å². The monoisotopic (exact) mass is 305 g/mol. The van der Waals surface area contributed by atoms with Gasteiger partial charge in [0.1, 0.15) is 11.8 Å². The highest BCUT2D eigenvalue weighted by molar-refractivity contribution is 7.15. The number of fused-ring (bicyclic) bond motifs is 1. The quantitative estimate of drug-likeness (QED) is 0.675. The lowest BCUT2D eigenvalue weighted by atomic mass is 10.1. The van der Waals surface area contributed by atoms with Crippen molar-refractivity contribution in [1.82, 2.24) is 9.97 Å². The van der Waals surface area contributed by atoms with Gasteiger partial charge >= 0.3 is 6.18 Å². The van der Waals surface area contributed by atoms with Gasteiger partial charge in [-0.25, -0.2) is 9.97 Å². The summed E-state index contributed by atoms with van der Waals surface area (Å²) < 4.78 is 37.9. The number of para-hydroxylation sites is 1. The van der Waals surface area contributed by atoms with Crippen molar-refractivity contribution in [3.63, 3.8) is 0 Å². The van der Waals surface area contributed by atoms with Gasteiger partial charge in [-0.15, -0.1) is 11.3 Å². The first kappa shape index (κ1) is 13.5. The number of halogens is 3. The van der Waals surface area contributed by atoms with Gasteiger partial charge in [0.25, 0.3) is 0 Å². The van der Waals surface area contributed by atoms with E-state index in [-0.39, 0.29) is 10.6 Å². The molecule has 0 radical (unpaired) electrons. The van der Waals surface area contributed by atoms with Crippen LogP contribution in [0, 0.1) is 11.3 Å². The van der Waals surface area contributed by atoms with Gasteiger partial charge in [-0.05, 0) is 12.1 Å². The Bertz CT molecular complexity index is 862. The average Bonchev–Trinajstić information content (AvgIpc) is 2.95. The molecule has 0 aliphatic carbocycles. The summed E-state index contributed by atoms with van der Waals surface area (Å²) in [6.07, 6.45) is -3.36. The van der Waals surface area contributed by atoms with Gasteiger partial charge in [0.05, 0.1) is 10.4 Å². The van der Waals surface area contributed by atoms with E-state index in [1.807, 2.05) is 6.07 Å². The Hall–Kier alpha value is -2.46. The molecule has 3 nitrogen and oxygen atoms in total. The van der Waals surface area contributed by atoms with Crippen molar-refractivity contribution in [1.29, 1.82) is 5.26 Å². The third-order valence-electron chi connectivity index (χ3n) is 2.84. The molecule has 0 fully saturated rings. The number of alkyl halides is 3. The van der Waals surface area contributed by atoms with Crippen LogP contribution in [0.4, 0.5) is 13.2 Å². The van der Waals surface area contributed by atoms with E-state index in [1.54, 1.807) is 30.3 Å². The normalized spacial score (nSPS) is 11.5. The summed E-state index contributed by atoms with van der Waals surface area (Å²) in [4.78, 5) is 7.83. The van der Waals surface area contributed by atoms with Crippen molar-refractivity contribution >= 4 is 22.2 Å². The summed E-state index contributed by atoms with van der Waals surface area (Å²) in [5.41, 5.74) is 1.08. The molecule has 0 aliphatic heterocycles. The van der Waals surface area contributed by atoms with E-state index >= 15 is 0 Å². The molecule has 3 rings (SSSR count). The predicted molar refractivity (Wildman–Crippen MR) is 72.6 cm³/mol. The van der Waals surface area contributed by atoms with Crippen molar-refractivity contribution in [2.75, 3.05) is 0 Å². The van der Waals surface area contributed by atoms with Crippen LogP contribution in [0.3, 0.4) is 0 Å². The largest absolute Gasteiger partial charge is 0.443 e. The zero-order valence-electron chi connectivity index (χ0n) is 10.3. The van der Waals surface area contributed by atoms with Crippen molar-refractivity contribution in [3.8, 4) is 16.5 Å². The van der Waals surface area contributed by atoms with Crippen molar-refractivity contribution in [2.45, 2.75) is 6.18 Å². The molecular weight excluding hydrogens is 299 g/mol. The Kier molecular flexibility index (Phi) is 3.11. The Morgan fingerprint density at radius 3 is 2.62 bits per heavy atom. The third-order valence-corrected chi connectivity index (χ3v) is 3.92. The SMILES string of the molecule is N#Cc1nc2ccccc2cc1-c1cnc(C(F)(F)F)s1. The molecule has 0 bridgehead atoms. The van der Waals surface area contributed by atoms with E-state index in [9.17, 15) is 13.2 Å². The first-order chi connectivity index (χ1) is 9.99. The maximum Gasteiger partial charge on any atom is 0.443 e. The number of rotatable bonds is 1. The molecule has 0 saturated carbocycles. The molecule has 3 aromatic rings. The van der Waals surface area contributed by atoms with E-state index < -0.39 is 11.2 Å². The highest BCUT2D eigenvalue weighted by Gasteiger charge is 2.34. The van der Waals surface area contributed by atoms with Gasteiger partial charge < -0.3 is 0 Å². The molecule has 0 spiro atoms. The summed E-state index contributed by atoms with van der Waals surface area (Å²) in [7, 11) is 0. The lowest BCUT2D eigenvalue weighted by Gasteiger charge is -2.03. The van der Waals surface area contributed by atoms with Crippen LogP contribution in [0.5, 0.6) is 0 Å². The maximum absolute atomic E-state index is 12.6. The number of hydrogen-bond donors (Lipinski definition) is 0. The Balaban J connectivity index is 2.20. The molecule has 0 unspecified atom stereocenters. The third kappa shape index (κ3) is 2.45. The van der Waals surface area contributed by atoms with Gasteiger partial charge in [0.15, 0.2) is 5.01 Å². The van der Waals surface area contributed by atoms with Gasteiger partial charge in [-0.2, -0.15) is 18.4 Å². The van der Waals surface area contributed by atoms with Crippen LogP contribution >= 0.6 is 11.3 Å². The highest BCUT2D eigenvalue weighted by Crippen LogP contribution is 2.37. The van der Waals surface area contributed by atoms with Crippen LogP contribution in [-0.2, 0) is 6.18 Å². The molecular formula is C14H6F3N3S. The minimum absolute atomic E-state index is 0.0890. The van der Waals surface area contributed by atoms with Gasteiger partial charge in [-0.1, -0.05) is 18.2 Å². The van der Waals surface area contributed by atoms with Crippen molar-refractivity contribution < 1.29 is 13.2 Å². The van der Waals surface area contributed by atoms with Gasteiger partial charge in [-0.3, -0.25) is 0 Å². The number of hydrogen-bond acceptors (Lipinski definition) is 4. The van der Waals surface area contributed by atoms with Gasteiger partial charge in [0, 0.05) is 17.1 Å². The highest BCUT2D eigenvalue weighted by atomic mass is 32.1. The second kappa shape index (κ2) is 4.82. The molecule has 7 heteroatoms. The maximum atomic E-state index is 12.6. The standard InChI is InChI=1S/C14H6F3N3S/c15-14(16,17)13-19-7-12(21-13)9-5-8-3-1-2-4-10(8)20-11(9)6-18/h1-5,7H. The lowest BCUT2D eigenvalue weighted by Crippen LogP contribution is -2.02. The van der Waals surface area contributed by atoms with Crippen LogP contribution < -0.4 is 0 Å². The second-order valence-corrected chi connectivity index (χ2v) is 5.25. The van der Waals surface area contributed by atoms with Crippen LogP contribution in [0.2, 0.25) is 0 Å². The Labute approximate surface area is 121 Å². The van der Waals surface area contributed by atoms with E-state index in [2.05, 4.69) is 9.97 Å². The number of pyridine rings is 1. The molecule has 21 heavy (non-hydrogen) atoms. The zero-order valence-corrected chi connectivity index (χ0v) is 11.2. The molecule has 1 aromatic carbocycles. The molecule has 104 valence electrons. The number of thiazole rings is 1. The summed E-state index contributed by atoms with van der Waals surface area (Å²) in [6.45, 7) is 0. The smallest absolute Gasteiger partial charge is 0.240 e. The fraction of sp³-hybridized carbons (Fsp3) is 0.0714. The Morgan fingerprint density at radius 2 is 1.95 bits per heavy atom. The minimum Gasteiger partial charge on any atom is -0.240 e. The first-order valence-electron chi connectivity index (χ1n) is 5.82. The van der Waals surface area contributed by atoms with Crippen molar-refractivity contribution in [3.05, 3.63) is 47.2 Å². The number of nitriles is 1. The summed E-state index contributed by atoms with van der Waals surface area (Å²) in [5, 5.41) is 8.98.